The molecule has 4 N–H and O–H groups in total. The maximum Gasteiger partial charge on any atom is 0.255 e. The first kappa shape index (κ1) is 25.8. The lowest BCUT2D eigenvalue weighted by atomic mass is 9.90. The molecule has 8 nitrogen and oxygen atoms in total. The van der Waals surface area contributed by atoms with Crippen molar-refractivity contribution in [3.63, 3.8) is 0 Å². The molecule has 0 aliphatic carbocycles. The second-order valence-electron chi connectivity index (χ2n) is 9.15. The van der Waals surface area contributed by atoms with Crippen LogP contribution in [0.5, 0.6) is 0 Å². The molecule has 1 aliphatic heterocycles. The van der Waals surface area contributed by atoms with Gasteiger partial charge < -0.3 is 16.0 Å². The lowest BCUT2D eigenvalue weighted by Crippen LogP contribution is -2.53. The molecule has 0 spiro atoms. The number of carbonyl (C=O) groups excluding carboxylic acids is 2. The van der Waals surface area contributed by atoms with E-state index in [-0.39, 0.29) is 35.2 Å². The van der Waals surface area contributed by atoms with Gasteiger partial charge in [-0.3, -0.25) is 9.59 Å². The predicted molar refractivity (Wildman–Crippen MR) is 141 cm³/mol. The van der Waals surface area contributed by atoms with Gasteiger partial charge in [0.05, 0.1) is 11.4 Å². The van der Waals surface area contributed by atoms with Crippen molar-refractivity contribution in [3.05, 3.63) is 71.8 Å². The van der Waals surface area contributed by atoms with Crippen LogP contribution < -0.4 is 15.8 Å². The zero-order chi connectivity index (χ0) is 25.9. The van der Waals surface area contributed by atoms with E-state index in [4.69, 9.17) is 5.73 Å². The summed E-state index contributed by atoms with van der Waals surface area (Å²) in [6, 6.07) is 17.3. The Morgan fingerprint density at radius 1 is 1.03 bits per heavy atom. The molecule has 1 heterocycles. The zero-order valence-electron chi connectivity index (χ0n) is 20.5. The monoisotopic (exact) mass is 508 g/mol. The lowest BCUT2D eigenvalue weighted by Gasteiger charge is -2.38. The number of nitrogens with one attached hydrogen (secondary N) is 2. The fourth-order valence-corrected chi connectivity index (χ4v) is 6.40. The van der Waals surface area contributed by atoms with Crippen LogP contribution in [0.3, 0.4) is 0 Å². The van der Waals surface area contributed by atoms with E-state index in [0.29, 0.717) is 41.5 Å². The Balaban J connectivity index is 1.61. The number of nitrogens with two attached hydrogens (primary N) is 1. The van der Waals surface area contributed by atoms with Crippen molar-refractivity contribution in [1.82, 2.24) is 9.62 Å². The third-order valence-electron chi connectivity index (χ3n) is 6.90. The van der Waals surface area contributed by atoms with Gasteiger partial charge in [-0.15, -0.1) is 0 Å². The van der Waals surface area contributed by atoms with Crippen LogP contribution in [0.4, 0.5) is 5.69 Å². The van der Waals surface area contributed by atoms with E-state index < -0.39 is 10.0 Å². The number of hydrogen-bond donors (Lipinski definition) is 3. The first-order valence-electron chi connectivity index (χ1n) is 12.1. The molecule has 0 radical (unpaired) electrons. The summed E-state index contributed by atoms with van der Waals surface area (Å²) < 4.78 is 30.0. The van der Waals surface area contributed by atoms with Crippen molar-refractivity contribution in [2.24, 2.45) is 11.7 Å². The summed E-state index contributed by atoms with van der Waals surface area (Å²) >= 11 is 0. The van der Waals surface area contributed by atoms with E-state index in [1.54, 1.807) is 41.3 Å². The van der Waals surface area contributed by atoms with E-state index in [9.17, 15) is 18.0 Å². The normalized spacial score (nSPS) is 18.2. The summed E-state index contributed by atoms with van der Waals surface area (Å²) in [4.78, 5) is 26.8. The Hall–Kier alpha value is -3.27. The third-order valence-corrected chi connectivity index (χ3v) is 8.45. The summed E-state index contributed by atoms with van der Waals surface area (Å²) in [6.45, 7) is 4.75. The Bertz CT molecular complexity index is 1390. The van der Waals surface area contributed by atoms with Gasteiger partial charge in [0.2, 0.25) is 15.9 Å². The number of anilines is 1. The largest absolute Gasteiger partial charge is 0.341 e. The molecule has 1 fully saturated rings. The molecule has 2 atom stereocenters. The second kappa shape index (κ2) is 10.8. The molecule has 9 heteroatoms. The number of rotatable bonds is 7. The first-order valence-corrected chi connectivity index (χ1v) is 13.6. The standard InChI is InChI=1S/C27H32N4O4S/c1-3-19-17-31(26(32)16-28)15-14-23(19)30-36(34,35)25-13-12-24(21-10-6-7-11-22(21)25)29-27(33)20-9-5-4-8-18(20)2/h4-13,19,23,30H,3,14-17,28H2,1-2H3,(H,29,33)/t19-,23-/m0/s1. The molecule has 4 rings (SSSR count). The van der Waals surface area contributed by atoms with Crippen LogP contribution in [0.1, 0.15) is 35.7 Å². The molecule has 0 unspecified atom stereocenters. The van der Waals surface area contributed by atoms with Gasteiger partial charge in [0.25, 0.3) is 5.91 Å². The number of piperidine rings is 1. The van der Waals surface area contributed by atoms with Crippen molar-refractivity contribution in [3.8, 4) is 0 Å². The minimum atomic E-state index is -3.87. The van der Waals surface area contributed by atoms with E-state index in [2.05, 4.69) is 10.0 Å². The molecule has 0 bridgehead atoms. The maximum absolute atomic E-state index is 13.5. The van der Waals surface area contributed by atoms with E-state index in [1.807, 2.05) is 32.0 Å². The zero-order valence-corrected chi connectivity index (χ0v) is 21.3. The fraction of sp³-hybridized carbons (Fsp3) is 0.333. The SMILES string of the molecule is CC[C@H]1CN(C(=O)CN)CC[C@@H]1NS(=O)(=O)c1ccc(NC(=O)c2ccccc2C)c2ccccc12. The van der Waals surface area contributed by atoms with Crippen LogP contribution in [-0.4, -0.2) is 50.8 Å². The third kappa shape index (κ3) is 5.28. The maximum atomic E-state index is 13.5. The quantitative estimate of drug-likeness (QED) is 0.452. The number of sulfonamides is 1. The van der Waals surface area contributed by atoms with Gasteiger partial charge >= 0.3 is 0 Å². The van der Waals surface area contributed by atoms with Crippen LogP contribution in [0, 0.1) is 12.8 Å². The molecule has 1 aliphatic rings. The molecule has 36 heavy (non-hydrogen) atoms. The van der Waals surface area contributed by atoms with Gasteiger partial charge in [-0.25, -0.2) is 13.1 Å². The van der Waals surface area contributed by atoms with Crippen molar-refractivity contribution in [1.29, 1.82) is 0 Å². The minimum absolute atomic E-state index is 0.0111. The molecule has 190 valence electrons. The number of fused-ring (bicyclic) bond motifs is 1. The summed E-state index contributed by atoms with van der Waals surface area (Å²) in [6.07, 6.45) is 1.25. The number of aryl methyl sites for hydroxylation is 1. The van der Waals surface area contributed by atoms with Crippen molar-refractivity contribution in [2.75, 3.05) is 25.0 Å². The molecule has 1 saturated heterocycles. The molecular weight excluding hydrogens is 476 g/mol. The first-order chi connectivity index (χ1) is 17.2. The van der Waals surface area contributed by atoms with Gasteiger partial charge in [-0.2, -0.15) is 0 Å². The predicted octanol–water partition coefficient (Wildman–Crippen LogP) is 3.26. The number of amides is 2. The average molecular weight is 509 g/mol. The summed E-state index contributed by atoms with van der Waals surface area (Å²) in [5.41, 5.74) is 7.46. The summed E-state index contributed by atoms with van der Waals surface area (Å²) in [7, 11) is -3.87. The molecular formula is C27H32N4O4S. The van der Waals surface area contributed by atoms with Crippen molar-refractivity contribution < 1.29 is 18.0 Å². The highest BCUT2D eigenvalue weighted by atomic mass is 32.2. The summed E-state index contributed by atoms with van der Waals surface area (Å²) in [5, 5.41) is 4.10. The second-order valence-corrected chi connectivity index (χ2v) is 10.8. The van der Waals surface area contributed by atoms with Gasteiger partial charge in [-0.05, 0) is 43.0 Å². The topological polar surface area (TPSA) is 122 Å². The van der Waals surface area contributed by atoms with E-state index in [1.165, 1.54) is 6.07 Å². The van der Waals surface area contributed by atoms with E-state index in [0.717, 1.165) is 12.0 Å². The Morgan fingerprint density at radius 3 is 2.42 bits per heavy atom. The van der Waals surface area contributed by atoms with Crippen molar-refractivity contribution >= 4 is 38.3 Å². The number of benzene rings is 3. The highest BCUT2D eigenvalue weighted by Crippen LogP contribution is 2.31. The van der Waals surface area contributed by atoms with Crippen LogP contribution in [-0.2, 0) is 14.8 Å². The highest BCUT2D eigenvalue weighted by Gasteiger charge is 2.33. The van der Waals surface area contributed by atoms with Gasteiger partial charge in [0, 0.05) is 41.2 Å². The number of likely N-dealkylation sites (tertiary alicyclic amines) is 1. The number of nitrogens with zero attached hydrogens (tertiary/aromatic N) is 1. The Labute approximate surface area is 211 Å². The van der Waals surface area contributed by atoms with Gasteiger partial charge in [0.1, 0.15) is 0 Å². The van der Waals surface area contributed by atoms with Crippen molar-refractivity contribution in [2.45, 2.75) is 37.6 Å². The van der Waals surface area contributed by atoms with Crippen LogP contribution in [0.15, 0.2) is 65.6 Å². The fourth-order valence-electron chi connectivity index (χ4n) is 4.85. The number of hydrogen-bond acceptors (Lipinski definition) is 5. The van der Waals surface area contributed by atoms with Crippen LogP contribution >= 0.6 is 0 Å². The highest BCUT2D eigenvalue weighted by molar-refractivity contribution is 7.89. The lowest BCUT2D eigenvalue weighted by molar-refractivity contribution is -0.131. The summed E-state index contributed by atoms with van der Waals surface area (Å²) in [5.74, 6) is -0.386. The molecule has 0 saturated carbocycles. The van der Waals surface area contributed by atoms with Crippen LogP contribution in [0.25, 0.3) is 10.8 Å². The van der Waals surface area contributed by atoms with Crippen LogP contribution in [0.2, 0.25) is 0 Å². The molecule has 0 aromatic heterocycles. The molecule has 3 aromatic rings. The molecule has 3 aromatic carbocycles. The van der Waals surface area contributed by atoms with Gasteiger partial charge in [-0.1, -0.05) is 55.8 Å². The van der Waals surface area contributed by atoms with E-state index >= 15 is 0 Å². The smallest absolute Gasteiger partial charge is 0.255 e. The minimum Gasteiger partial charge on any atom is -0.341 e. The van der Waals surface area contributed by atoms with Gasteiger partial charge in [0.15, 0.2) is 0 Å². The number of carbonyl (C=O) groups is 2. The Kier molecular flexibility index (Phi) is 7.73. The average Bonchev–Trinajstić information content (AvgIpc) is 2.88. The Morgan fingerprint density at radius 2 is 1.72 bits per heavy atom. The molecule has 2 amide bonds.